The molecule has 0 aliphatic rings. The number of anilines is 1. The predicted molar refractivity (Wildman–Crippen MR) is 62.2 cm³/mol. The minimum Gasteiger partial charge on any atom is -0.497 e. The number of nitrogens with two attached hydrogens (primary N) is 1. The summed E-state index contributed by atoms with van der Waals surface area (Å²) < 4.78 is 6.38. The van der Waals surface area contributed by atoms with Crippen molar-refractivity contribution >= 4 is 27.1 Å². The number of aryl methyl sites for hydroxylation is 1. The van der Waals surface area contributed by atoms with Crippen LogP contribution in [-0.4, -0.2) is 7.11 Å². The van der Waals surface area contributed by atoms with E-state index in [-0.39, 0.29) is 0 Å². The largest absolute Gasteiger partial charge is 0.497 e. The van der Waals surface area contributed by atoms with Crippen LogP contribution in [0.3, 0.4) is 0 Å². The van der Waals surface area contributed by atoms with E-state index in [0.29, 0.717) is 0 Å². The first-order valence-corrected chi connectivity index (χ1v) is 5.47. The highest BCUT2D eigenvalue weighted by Gasteiger charge is 2.07. The summed E-state index contributed by atoms with van der Waals surface area (Å²) in [5.41, 5.74) is 8.12. The Morgan fingerprint density at radius 1 is 1.43 bits per heavy atom. The Morgan fingerprint density at radius 3 is 2.86 bits per heavy atom. The third-order valence-electron chi connectivity index (χ3n) is 2.37. The predicted octanol–water partition coefficient (Wildman–Crippen LogP) is 3.05. The van der Waals surface area contributed by atoms with Gasteiger partial charge in [0.25, 0.3) is 0 Å². The Bertz CT molecular complexity index is 462. The molecule has 2 aromatic rings. The van der Waals surface area contributed by atoms with Crippen LogP contribution in [0.25, 0.3) is 10.1 Å². The average Bonchev–Trinajstić information content (AvgIpc) is 2.61. The van der Waals surface area contributed by atoms with Crippen molar-refractivity contribution in [3.63, 3.8) is 0 Å². The number of benzene rings is 1. The number of fused-ring (bicyclic) bond motifs is 1. The Hall–Kier alpha value is -1.22. The highest BCUT2D eigenvalue weighted by Crippen LogP contribution is 2.34. The second-order valence-electron chi connectivity index (χ2n) is 3.20. The van der Waals surface area contributed by atoms with Gasteiger partial charge in [0.05, 0.1) is 7.11 Å². The maximum Gasteiger partial charge on any atom is 0.122 e. The third-order valence-corrected chi connectivity index (χ3v) is 3.35. The Labute approximate surface area is 87.3 Å². The Balaban J connectivity index is 2.72. The first kappa shape index (κ1) is 9.34. The molecule has 1 heterocycles. The summed E-state index contributed by atoms with van der Waals surface area (Å²) in [5, 5.41) is 3.36. The second kappa shape index (κ2) is 3.50. The smallest absolute Gasteiger partial charge is 0.122 e. The van der Waals surface area contributed by atoms with Gasteiger partial charge in [0.15, 0.2) is 0 Å². The minimum absolute atomic E-state index is 0.817. The van der Waals surface area contributed by atoms with Gasteiger partial charge in [-0.15, -0.1) is 11.3 Å². The van der Waals surface area contributed by atoms with Gasteiger partial charge in [-0.2, -0.15) is 0 Å². The van der Waals surface area contributed by atoms with Crippen molar-refractivity contribution in [2.45, 2.75) is 13.3 Å². The summed E-state index contributed by atoms with van der Waals surface area (Å²) in [7, 11) is 1.66. The van der Waals surface area contributed by atoms with E-state index in [2.05, 4.69) is 12.3 Å². The number of rotatable bonds is 2. The second-order valence-corrected chi connectivity index (χ2v) is 4.12. The number of methoxy groups -OCH3 is 1. The van der Waals surface area contributed by atoms with Gasteiger partial charge in [0, 0.05) is 21.8 Å². The molecule has 74 valence electrons. The van der Waals surface area contributed by atoms with E-state index >= 15 is 0 Å². The average molecular weight is 207 g/mol. The molecule has 3 heteroatoms. The van der Waals surface area contributed by atoms with E-state index in [4.69, 9.17) is 10.5 Å². The summed E-state index contributed by atoms with van der Waals surface area (Å²) >= 11 is 1.72. The van der Waals surface area contributed by atoms with Crippen LogP contribution in [0.5, 0.6) is 5.75 Å². The maximum atomic E-state index is 5.98. The maximum absolute atomic E-state index is 5.98. The molecular formula is C11H13NOS. The highest BCUT2D eigenvalue weighted by atomic mass is 32.1. The highest BCUT2D eigenvalue weighted by molar-refractivity contribution is 7.17. The van der Waals surface area contributed by atoms with Crippen molar-refractivity contribution in [3.8, 4) is 5.75 Å². The zero-order valence-corrected chi connectivity index (χ0v) is 9.15. The lowest BCUT2D eigenvalue weighted by Gasteiger charge is -2.03. The Kier molecular flexibility index (Phi) is 2.33. The van der Waals surface area contributed by atoms with Gasteiger partial charge in [0.2, 0.25) is 0 Å². The topological polar surface area (TPSA) is 35.2 Å². The van der Waals surface area contributed by atoms with Gasteiger partial charge in [-0.25, -0.2) is 0 Å². The number of thiophene rings is 1. The molecule has 1 aromatic heterocycles. The Morgan fingerprint density at radius 2 is 2.21 bits per heavy atom. The van der Waals surface area contributed by atoms with Crippen LogP contribution < -0.4 is 10.5 Å². The molecule has 0 atom stereocenters. The fourth-order valence-corrected chi connectivity index (χ4v) is 2.72. The zero-order chi connectivity index (χ0) is 10.1. The molecule has 0 radical (unpaired) electrons. The van der Waals surface area contributed by atoms with Gasteiger partial charge < -0.3 is 10.5 Å². The fraction of sp³-hybridized carbons (Fsp3) is 0.273. The molecule has 0 saturated carbocycles. The molecule has 0 spiro atoms. The number of hydrogen-bond acceptors (Lipinski definition) is 3. The van der Waals surface area contributed by atoms with E-state index < -0.39 is 0 Å². The summed E-state index contributed by atoms with van der Waals surface area (Å²) in [4.78, 5) is 0. The molecule has 14 heavy (non-hydrogen) atoms. The first-order chi connectivity index (χ1) is 6.76. The molecule has 0 bridgehead atoms. The minimum atomic E-state index is 0.817. The normalized spacial score (nSPS) is 10.7. The third kappa shape index (κ3) is 1.34. The van der Waals surface area contributed by atoms with Crippen LogP contribution in [0.15, 0.2) is 17.5 Å². The summed E-state index contributed by atoms with van der Waals surface area (Å²) in [5.74, 6) is 0.833. The number of hydrogen-bond donors (Lipinski definition) is 1. The van der Waals surface area contributed by atoms with Crippen molar-refractivity contribution in [2.75, 3.05) is 12.8 Å². The van der Waals surface area contributed by atoms with Crippen molar-refractivity contribution in [1.29, 1.82) is 0 Å². The molecule has 0 aliphatic carbocycles. The van der Waals surface area contributed by atoms with Crippen LogP contribution in [0.4, 0.5) is 5.69 Å². The lowest BCUT2D eigenvalue weighted by atomic mass is 10.1. The van der Waals surface area contributed by atoms with Crippen LogP contribution >= 0.6 is 11.3 Å². The van der Waals surface area contributed by atoms with Gasteiger partial charge >= 0.3 is 0 Å². The van der Waals surface area contributed by atoms with Crippen LogP contribution in [-0.2, 0) is 6.42 Å². The summed E-state index contributed by atoms with van der Waals surface area (Å²) in [6.07, 6.45) is 1.02. The number of nitrogen functional groups attached to an aromatic ring is 1. The van der Waals surface area contributed by atoms with Crippen molar-refractivity contribution in [2.24, 2.45) is 0 Å². The van der Waals surface area contributed by atoms with E-state index in [0.717, 1.165) is 17.9 Å². The van der Waals surface area contributed by atoms with E-state index in [1.54, 1.807) is 18.4 Å². The monoisotopic (exact) mass is 207 g/mol. The molecule has 0 fully saturated rings. The SMILES string of the molecule is CCc1csc2cc(OC)cc(N)c12. The van der Waals surface area contributed by atoms with Crippen LogP contribution in [0.1, 0.15) is 12.5 Å². The van der Waals surface area contributed by atoms with Crippen molar-refractivity contribution < 1.29 is 4.74 Å². The van der Waals surface area contributed by atoms with E-state index in [1.807, 2.05) is 12.1 Å². The van der Waals surface area contributed by atoms with Gasteiger partial charge in [-0.1, -0.05) is 6.92 Å². The molecular weight excluding hydrogens is 194 g/mol. The molecule has 2 N–H and O–H groups in total. The molecule has 0 amide bonds. The zero-order valence-electron chi connectivity index (χ0n) is 8.33. The van der Waals surface area contributed by atoms with Gasteiger partial charge in [-0.3, -0.25) is 0 Å². The van der Waals surface area contributed by atoms with Gasteiger partial charge in [0.1, 0.15) is 5.75 Å². The van der Waals surface area contributed by atoms with Gasteiger partial charge in [-0.05, 0) is 23.4 Å². The molecule has 1 aromatic carbocycles. The van der Waals surface area contributed by atoms with Crippen molar-refractivity contribution in [3.05, 3.63) is 23.1 Å². The number of ether oxygens (including phenoxy) is 1. The first-order valence-electron chi connectivity index (χ1n) is 4.59. The molecule has 0 unspecified atom stereocenters. The van der Waals surface area contributed by atoms with Crippen LogP contribution in [0, 0.1) is 0 Å². The summed E-state index contributed by atoms with van der Waals surface area (Å²) in [6.45, 7) is 2.14. The van der Waals surface area contributed by atoms with Crippen molar-refractivity contribution in [1.82, 2.24) is 0 Å². The van der Waals surface area contributed by atoms with E-state index in [9.17, 15) is 0 Å². The fourth-order valence-electron chi connectivity index (χ4n) is 1.62. The lowest BCUT2D eigenvalue weighted by molar-refractivity contribution is 0.415. The molecule has 2 nitrogen and oxygen atoms in total. The lowest BCUT2D eigenvalue weighted by Crippen LogP contribution is -1.90. The van der Waals surface area contributed by atoms with Crippen LogP contribution in [0.2, 0.25) is 0 Å². The standard InChI is InChI=1S/C11H13NOS/c1-3-7-6-14-10-5-8(13-2)4-9(12)11(7)10/h4-6H,3,12H2,1-2H3. The summed E-state index contributed by atoms with van der Waals surface area (Å²) in [6, 6.07) is 3.92. The quantitative estimate of drug-likeness (QED) is 0.768. The van der Waals surface area contributed by atoms with E-state index in [1.165, 1.54) is 15.6 Å². The molecule has 2 rings (SSSR count). The molecule has 0 aliphatic heterocycles. The molecule has 0 saturated heterocycles.